The number of aryl methyl sites for hydroxylation is 2. The molecular weight excluding hydrogens is 579 g/mol. The van der Waals surface area contributed by atoms with Gasteiger partial charge in [0.15, 0.2) is 0 Å². The van der Waals surface area contributed by atoms with Crippen LogP contribution >= 0.6 is 11.8 Å². The third-order valence-electron chi connectivity index (χ3n) is 9.15. The van der Waals surface area contributed by atoms with Gasteiger partial charge in [-0.15, -0.1) is 0 Å². The fourth-order valence-electron chi connectivity index (χ4n) is 6.69. The smallest absolute Gasteiger partial charge is 0.335 e. The van der Waals surface area contributed by atoms with Gasteiger partial charge in [0.05, 0.1) is 11.6 Å². The number of carboxylic acids is 1. The topological polar surface area (TPSA) is 86.2 Å². The Kier molecular flexibility index (Phi) is 9.21. The van der Waals surface area contributed by atoms with Crippen LogP contribution in [0.3, 0.4) is 0 Å². The Balaban J connectivity index is 1.11. The number of urea groups is 1. The van der Waals surface area contributed by atoms with Crippen LogP contribution in [0.4, 0.5) is 9.18 Å². The number of pyridine rings is 1. The van der Waals surface area contributed by atoms with Crippen LogP contribution in [0.2, 0.25) is 0 Å². The first-order valence-corrected chi connectivity index (χ1v) is 16.2. The number of benzene rings is 2. The molecule has 3 saturated heterocycles. The number of aromatic nitrogens is 1. The maximum absolute atomic E-state index is 15.2. The number of ether oxygens (including phenoxy) is 1. The molecule has 3 fully saturated rings. The van der Waals surface area contributed by atoms with Crippen LogP contribution in [0.25, 0.3) is 0 Å². The summed E-state index contributed by atoms with van der Waals surface area (Å²) in [6, 6.07) is 16.1. The van der Waals surface area contributed by atoms with Crippen LogP contribution in [0.15, 0.2) is 64.5 Å². The number of carbonyl (C=O) groups excluding carboxylic acids is 1. The molecule has 3 aliphatic heterocycles. The number of nitrogens with zero attached hydrogens (tertiary/aromatic N) is 4. The molecule has 232 valence electrons. The SMILES string of the molecule is Cc1ccc(F)c(C2CN(C3CCOCC3)C(=O)N2C2CCN(Cc3ccc(Sc4ccc(C(=O)O)cc4)nc3C)CC2)c1. The van der Waals surface area contributed by atoms with Crippen molar-refractivity contribution in [3.05, 3.63) is 88.4 Å². The highest BCUT2D eigenvalue weighted by atomic mass is 32.2. The van der Waals surface area contributed by atoms with Crippen molar-refractivity contribution >= 4 is 23.8 Å². The maximum Gasteiger partial charge on any atom is 0.335 e. The number of piperidine rings is 1. The number of carbonyl (C=O) groups is 2. The number of hydrogen-bond donors (Lipinski definition) is 1. The first-order valence-electron chi connectivity index (χ1n) is 15.4. The molecule has 10 heteroatoms. The fraction of sp³-hybridized carbons (Fsp3) is 0.441. The van der Waals surface area contributed by atoms with Crippen molar-refractivity contribution in [3.63, 3.8) is 0 Å². The molecule has 0 radical (unpaired) electrons. The van der Waals surface area contributed by atoms with Gasteiger partial charge in [-0.05, 0) is 81.5 Å². The van der Waals surface area contributed by atoms with Crippen molar-refractivity contribution < 1.29 is 23.8 Å². The Morgan fingerprint density at radius 1 is 1.00 bits per heavy atom. The van der Waals surface area contributed by atoms with Crippen molar-refractivity contribution in [1.82, 2.24) is 19.7 Å². The van der Waals surface area contributed by atoms with Gasteiger partial charge in [0.1, 0.15) is 10.8 Å². The average Bonchev–Trinajstić information content (AvgIpc) is 3.37. The third-order valence-corrected chi connectivity index (χ3v) is 10.1. The van der Waals surface area contributed by atoms with E-state index in [1.165, 1.54) is 17.8 Å². The van der Waals surface area contributed by atoms with E-state index < -0.39 is 5.97 Å². The summed E-state index contributed by atoms with van der Waals surface area (Å²) in [5, 5.41) is 9.99. The highest BCUT2D eigenvalue weighted by molar-refractivity contribution is 7.99. The first kappa shape index (κ1) is 30.6. The number of hydrogen-bond acceptors (Lipinski definition) is 6. The van der Waals surface area contributed by atoms with E-state index in [4.69, 9.17) is 14.8 Å². The molecule has 2 amide bonds. The third kappa shape index (κ3) is 6.62. The first-order chi connectivity index (χ1) is 21.3. The molecule has 3 aliphatic rings. The monoisotopic (exact) mass is 618 g/mol. The standard InChI is InChI=1S/C34H39FN4O4S/c1-22-3-9-30(35)29(19-22)31-21-38(26-13-17-43-18-14-26)34(42)39(31)27-11-15-37(16-12-27)20-25-6-10-32(36-23(25)2)44-28-7-4-24(5-8-28)33(40)41/h3-10,19,26-27,31H,11-18,20-21H2,1-2H3,(H,40,41). The molecule has 1 atom stereocenters. The van der Waals surface area contributed by atoms with Crippen LogP contribution in [0.5, 0.6) is 0 Å². The Morgan fingerprint density at radius 2 is 1.73 bits per heavy atom. The minimum Gasteiger partial charge on any atom is -0.478 e. The summed E-state index contributed by atoms with van der Waals surface area (Å²) in [6.45, 7) is 8.30. The Morgan fingerprint density at radius 3 is 2.41 bits per heavy atom. The zero-order valence-corrected chi connectivity index (χ0v) is 26.1. The van der Waals surface area contributed by atoms with Gasteiger partial charge in [-0.25, -0.2) is 19.0 Å². The molecule has 0 aliphatic carbocycles. The minimum atomic E-state index is -0.937. The van der Waals surface area contributed by atoms with E-state index in [0.717, 1.165) is 72.1 Å². The Labute approximate surface area is 262 Å². The molecule has 0 saturated carbocycles. The van der Waals surface area contributed by atoms with Crippen molar-refractivity contribution in [2.24, 2.45) is 0 Å². The van der Waals surface area contributed by atoms with Gasteiger partial charge in [-0.3, -0.25) is 4.90 Å². The van der Waals surface area contributed by atoms with E-state index >= 15 is 4.39 Å². The molecule has 44 heavy (non-hydrogen) atoms. The number of amides is 2. The molecule has 1 N–H and O–H groups in total. The van der Waals surface area contributed by atoms with Crippen LogP contribution in [-0.4, -0.2) is 81.7 Å². The summed E-state index contributed by atoms with van der Waals surface area (Å²) in [6.07, 6.45) is 3.32. The molecular formula is C34H39FN4O4S. The Hall–Kier alpha value is -3.47. The molecule has 0 bridgehead atoms. The summed E-state index contributed by atoms with van der Waals surface area (Å²) in [5.41, 5.74) is 4.01. The molecule has 1 unspecified atom stereocenters. The zero-order valence-electron chi connectivity index (χ0n) is 25.2. The largest absolute Gasteiger partial charge is 0.478 e. The van der Waals surface area contributed by atoms with E-state index in [1.54, 1.807) is 30.3 Å². The normalized spacial score (nSPS) is 20.4. The van der Waals surface area contributed by atoms with E-state index in [-0.39, 0.29) is 35.5 Å². The van der Waals surface area contributed by atoms with E-state index in [2.05, 4.69) is 11.0 Å². The number of likely N-dealkylation sites (tertiary alicyclic amines) is 1. The van der Waals surface area contributed by atoms with Gasteiger partial charge < -0.3 is 19.6 Å². The van der Waals surface area contributed by atoms with E-state index in [9.17, 15) is 9.59 Å². The second-order valence-corrected chi connectivity index (χ2v) is 13.2. The molecule has 4 heterocycles. The fourth-order valence-corrected chi connectivity index (χ4v) is 7.52. The van der Waals surface area contributed by atoms with Crippen LogP contribution in [0, 0.1) is 19.7 Å². The van der Waals surface area contributed by atoms with Crippen LogP contribution < -0.4 is 0 Å². The second-order valence-electron chi connectivity index (χ2n) is 12.1. The van der Waals surface area contributed by atoms with Gasteiger partial charge in [0.25, 0.3) is 0 Å². The number of carboxylic acid groups (broad SMARTS) is 1. The minimum absolute atomic E-state index is 0.0342. The lowest BCUT2D eigenvalue weighted by Gasteiger charge is -2.39. The number of halogens is 1. The van der Waals surface area contributed by atoms with Gasteiger partial charge in [0.2, 0.25) is 0 Å². The highest BCUT2D eigenvalue weighted by Crippen LogP contribution is 2.38. The molecule has 3 aromatic rings. The molecule has 0 spiro atoms. The molecule has 8 nitrogen and oxygen atoms in total. The van der Waals surface area contributed by atoms with Crippen molar-refractivity contribution in [2.45, 2.75) is 74.1 Å². The van der Waals surface area contributed by atoms with Gasteiger partial charge in [-0.2, -0.15) is 0 Å². The maximum atomic E-state index is 15.2. The van der Waals surface area contributed by atoms with Crippen LogP contribution in [-0.2, 0) is 11.3 Å². The van der Waals surface area contributed by atoms with Crippen LogP contribution in [0.1, 0.15) is 64.5 Å². The lowest BCUT2D eigenvalue weighted by atomic mass is 9.97. The zero-order chi connectivity index (χ0) is 30.8. The van der Waals surface area contributed by atoms with E-state index in [1.807, 2.05) is 35.8 Å². The number of rotatable bonds is 8. The van der Waals surface area contributed by atoms with Crippen molar-refractivity contribution in [1.29, 1.82) is 0 Å². The summed E-state index contributed by atoms with van der Waals surface area (Å²) in [4.78, 5) is 37.2. The van der Waals surface area contributed by atoms with Gasteiger partial charge in [-0.1, -0.05) is 35.5 Å². The predicted molar refractivity (Wildman–Crippen MR) is 166 cm³/mol. The lowest BCUT2D eigenvalue weighted by Crippen LogP contribution is -2.48. The quantitative estimate of drug-likeness (QED) is 0.317. The molecule has 1 aromatic heterocycles. The molecule has 2 aromatic carbocycles. The summed E-state index contributed by atoms with van der Waals surface area (Å²) in [5.74, 6) is -1.18. The van der Waals surface area contributed by atoms with Crippen molar-refractivity contribution in [3.8, 4) is 0 Å². The average molecular weight is 619 g/mol. The lowest BCUT2D eigenvalue weighted by molar-refractivity contribution is 0.0493. The highest BCUT2D eigenvalue weighted by Gasteiger charge is 2.46. The van der Waals surface area contributed by atoms with Crippen molar-refractivity contribution in [2.75, 3.05) is 32.8 Å². The van der Waals surface area contributed by atoms with Gasteiger partial charge >= 0.3 is 12.0 Å². The van der Waals surface area contributed by atoms with Gasteiger partial charge in [0, 0.05) is 67.6 Å². The second kappa shape index (κ2) is 13.3. The summed E-state index contributed by atoms with van der Waals surface area (Å²) < 4.78 is 20.7. The molecule has 6 rings (SSSR count). The summed E-state index contributed by atoms with van der Waals surface area (Å²) in [7, 11) is 0. The number of aromatic carboxylic acids is 1. The summed E-state index contributed by atoms with van der Waals surface area (Å²) >= 11 is 1.51. The predicted octanol–water partition coefficient (Wildman–Crippen LogP) is 6.31. The van der Waals surface area contributed by atoms with E-state index in [0.29, 0.717) is 25.3 Å². The Bertz CT molecular complexity index is 1510.